The van der Waals surface area contributed by atoms with E-state index in [9.17, 15) is 18.0 Å². The maximum Gasteiger partial charge on any atom is 0.422 e. The summed E-state index contributed by atoms with van der Waals surface area (Å²) in [5.41, 5.74) is 0.156. The first kappa shape index (κ1) is 16.8. The monoisotopic (exact) mass is 338 g/mol. The molecular weight excluding hydrogens is 325 g/mol. The SMILES string of the molecule is O=C(NC[C@H]1CCOC1)c1cnc(OCC(F)(F)F)c(Cl)c1. The lowest BCUT2D eigenvalue weighted by Crippen LogP contribution is -2.29. The van der Waals surface area contributed by atoms with E-state index in [2.05, 4.69) is 15.0 Å². The number of halogens is 4. The van der Waals surface area contributed by atoms with Crippen LogP contribution in [-0.2, 0) is 4.74 Å². The van der Waals surface area contributed by atoms with Crippen molar-refractivity contribution in [2.75, 3.05) is 26.4 Å². The van der Waals surface area contributed by atoms with Crippen LogP contribution < -0.4 is 10.1 Å². The number of alkyl halides is 3. The van der Waals surface area contributed by atoms with Crippen molar-refractivity contribution < 1.29 is 27.4 Å². The second kappa shape index (κ2) is 7.15. The summed E-state index contributed by atoms with van der Waals surface area (Å²) in [7, 11) is 0. The maximum atomic E-state index is 12.1. The van der Waals surface area contributed by atoms with Crippen molar-refractivity contribution in [3.8, 4) is 5.88 Å². The predicted molar refractivity (Wildman–Crippen MR) is 72.1 cm³/mol. The molecule has 5 nitrogen and oxygen atoms in total. The summed E-state index contributed by atoms with van der Waals surface area (Å²) in [5.74, 6) is -0.495. The van der Waals surface area contributed by atoms with Crippen LogP contribution in [0.3, 0.4) is 0 Å². The zero-order chi connectivity index (χ0) is 16.2. The number of nitrogens with zero attached hydrogens (tertiary/aromatic N) is 1. The lowest BCUT2D eigenvalue weighted by atomic mass is 10.1. The quantitative estimate of drug-likeness (QED) is 0.896. The van der Waals surface area contributed by atoms with E-state index >= 15 is 0 Å². The van der Waals surface area contributed by atoms with Gasteiger partial charge in [-0.3, -0.25) is 4.79 Å². The molecule has 1 aromatic rings. The summed E-state index contributed by atoms with van der Waals surface area (Å²) >= 11 is 5.77. The standard InChI is InChI=1S/C13H14ClF3N2O3/c14-10-3-9(5-19-12(10)22-7-13(15,16)17)11(20)18-4-8-1-2-21-6-8/h3,5,8H,1-2,4,6-7H2,(H,18,20)/t8-/m1/s1. The van der Waals surface area contributed by atoms with Gasteiger partial charge in [0.05, 0.1) is 12.2 Å². The molecule has 2 heterocycles. The van der Waals surface area contributed by atoms with Gasteiger partial charge in [-0.05, 0) is 12.5 Å². The highest BCUT2D eigenvalue weighted by molar-refractivity contribution is 6.32. The van der Waals surface area contributed by atoms with Crippen molar-refractivity contribution in [1.82, 2.24) is 10.3 Å². The number of nitrogens with one attached hydrogen (secondary N) is 1. The van der Waals surface area contributed by atoms with Gasteiger partial charge in [0.15, 0.2) is 6.61 Å². The highest BCUT2D eigenvalue weighted by atomic mass is 35.5. The summed E-state index contributed by atoms with van der Waals surface area (Å²) in [4.78, 5) is 15.6. The first-order valence-electron chi connectivity index (χ1n) is 6.56. The Morgan fingerprint density at radius 2 is 2.32 bits per heavy atom. The van der Waals surface area contributed by atoms with Crippen LogP contribution in [0.5, 0.6) is 5.88 Å². The van der Waals surface area contributed by atoms with Gasteiger partial charge in [-0.25, -0.2) is 4.98 Å². The fraction of sp³-hybridized carbons (Fsp3) is 0.538. The van der Waals surface area contributed by atoms with E-state index in [4.69, 9.17) is 16.3 Å². The van der Waals surface area contributed by atoms with Gasteiger partial charge in [-0.1, -0.05) is 11.6 Å². The summed E-state index contributed by atoms with van der Waals surface area (Å²) in [6, 6.07) is 1.22. The molecule has 1 fully saturated rings. The average Bonchev–Trinajstić information content (AvgIpc) is 2.95. The van der Waals surface area contributed by atoms with Crippen molar-refractivity contribution in [2.45, 2.75) is 12.6 Å². The van der Waals surface area contributed by atoms with Gasteiger partial charge >= 0.3 is 6.18 Å². The molecule has 1 aliphatic heterocycles. The zero-order valence-corrected chi connectivity index (χ0v) is 12.2. The molecule has 122 valence electrons. The predicted octanol–water partition coefficient (Wildman–Crippen LogP) is 2.44. The van der Waals surface area contributed by atoms with Crippen molar-refractivity contribution >= 4 is 17.5 Å². The Balaban J connectivity index is 1.91. The summed E-state index contributed by atoms with van der Waals surface area (Å²) in [6.07, 6.45) is -2.48. The highest BCUT2D eigenvalue weighted by Gasteiger charge is 2.29. The van der Waals surface area contributed by atoms with E-state index in [1.54, 1.807) is 0 Å². The minimum atomic E-state index is -4.48. The topological polar surface area (TPSA) is 60.5 Å². The number of amides is 1. The molecule has 1 N–H and O–H groups in total. The van der Waals surface area contributed by atoms with Gasteiger partial charge in [0.2, 0.25) is 5.88 Å². The second-order valence-electron chi connectivity index (χ2n) is 4.85. The average molecular weight is 339 g/mol. The van der Waals surface area contributed by atoms with E-state index in [0.29, 0.717) is 19.8 Å². The first-order valence-corrected chi connectivity index (χ1v) is 6.94. The number of carbonyl (C=O) groups excluding carboxylic acids is 1. The molecule has 1 aliphatic rings. The Hall–Kier alpha value is -1.54. The van der Waals surface area contributed by atoms with Gasteiger partial charge < -0.3 is 14.8 Å². The van der Waals surface area contributed by atoms with Gasteiger partial charge in [0, 0.05) is 25.3 Å². The Morgan fingerprint density at radius 3 is 2.91 bits per heavy atom. The maximum absolute atomic E-state index is 12.1. The third-order valence-corrected chi connectivity index (χ3v) is 3.29. The normalized spacial score (nSPS) is 18.3. The van der Waals surface area contributed by atoms with Gasteiger partial charge in [-0.2, -0.15) is 13.2 Å². The number of ether oxygens (including phenoxy) is 2. The minimum absolute atomic E-state index is 0.152. The number of hydrogen-bond acceptors (Lipinski definition) is 4. The summed E-state index contributed by atoms with van der Waals surface area (Å²) in [5, 5.41) is 2.55. The molecule has 0 saturated carbocycles. The third kappa shape index (κ3) is 5.03. The first-order chi connectivity index (χ1) is 10.3. The van der Waals surface area contributed by atoms with Crippen LogP contribution >= 0.6 is 11.6 Å². The molecule has 0 spiro atoms. The van der Waals surface area contributed by atoms with E-state index in [1.165, 1.54) is 6.07 Å². The Morgan fingerprint density at radius 1 is 1.55 bits per heavy atom. The van der Waals surface area contributed by atoms with E-state index in [-0.39, 0.29) is 22.4 Å². The molecule has 0 unspecified atom stereocenters. The number of pyridine rings is 1. The van der Waals surface area contributed by atoms with E-state index < -0.39 is 18.7 Å². The number of aromatic nitrogens is 1. The van der Waals surface area contributed by atoms with Crippen LogP contribution in [0.1, 0.15) is 16.8 Å². The molecule has 0 aliphatic carbocycles. The lowest BCUT2D eigenvalue weighted by Gasteiger charge is -2.11. The Bertz CT molecular complexity index is 534. The smallest absolute Gasteiger partial charge is 0.422 e. The van der Waals surface area contributed by atoms with Crippen LogP contribution in [0.4, 0.5) is 13.2 Å². The number of rotatable bonds is 5. The van der Waals surface area contributed by atoms with Crippen LogP contribution in [0.2, 0.25) is 5.02 Å². The molecule has 9 heteroatoms. The highest BCUT2D eigenvalue weighted by Crippen LogP contribution is 2.25. The number of carbonyl (C=O) groups is 1. The minimum Gasteiger partial charge on any atom is -0.467 e. The van der Waals surface area contributed by atoms with E-state index in [0.717, 1.165) is 12.6 Å². The molecule has 1 amide bonds. The largest absolute Gasteiger partial charge is 0.467 e. The van der Waals surface area contributed by atoms with Crippen molar-refractivity contribution in [1.29, 1.82) is 0 Å². The fourth-order valence-electron chi connectivity index (χ4n) is 1.89. The molecule has 0 aromatic carbocycles. The third-order valence-electron chi connectivity index (χ3n) is 3.02. The van der Waals surface area contributed by atoms with Gasteiger partial charge in [0.25, 0.3) is 5.91 Å². The zero-order valence-electron chi connectivity index (χ0n) is 11.5. The van der Waals surface area contributed by atoms with Crippen molar-refractivity contribution in [3.63, 3.8) is 0 Å². The molecule has 2 rings (SSSR count). The molecule has 1 atom stereocenters. The van der Waals surface area contributed by atoms with Crippen molar-refractivity contribution in [3.05, 3.63) is 22.8 Å². The van der Waals surface area contributed by atoms with Crippen LogP contribution in [-0.4, -0.2) is 43.4 Å². The summed E-state index contributed by atoms with van der Waals surface area (Å²) in [6.45, 7) is 0.248. The second-order valence-corrected chi connectivity index (χ2v) is 5.26. The van der Waals surface area contributed by atoms with Crippen LogP contribution in [0, 0.1) is 5.92 Å². The Kier molecular flexibility index (Phi) is 5.47. The Labute approximate surface area is 129 Å². The molecule has 22 heavy (non-hydrogen) atoms. The molecule has 0 radical (unpaired) electrons. The fourth-order valence-corrected chi connectivity index (χ4v) is 2.11. The summed E-state index contributed by atoms with van der Waals surface area (Å²) < 4.78 is 45.8. The molecule has 1 aromatic heterocycles. The van der Waals surface area contributed by atoms with Crippen LogP contribution in [0.25, 0.3) is 0 Å². The van der Waals surface area contributed by atoms with Crippen LogP contribution in [0.15, 0.2) is 12.3 Å². The molecule has 1 saturated heterocycles. The van der Waals surface area contributed by atoms with Gasteiger partial charge in [-0.15, -0.1) is 0 Å². The number of hydrogen-bond donors (Lipinski definition) is 1. The lowest BCUT2D eigenvalue weighted by molar-refractivity contribution is -0.154. The molecular formula is C13H14ClF3N2O3. The van der Waals surface area contributed by atoms with Gasteiger partial charge in [0.1, 0.15) is 5.02 Å². The molecule has 0 bridgehead atoms. The van der Waals surface area contributed by atoms with E-state index in [1.807, 2.05) is 0 Å². The van der Waals surface area contributed by atoms with Crippen molar-refractivity contribution in [2.24, 2.45) is 5.92 Å².